The van der Waals surface area contributed by atoms with Crippen LogP contribution in [0.5, 0.6) is 0 Å². The van der Waals surface area contributed by atoms with E-state index in [1.54, 1.807) is 0 Å². The molecule has 16 heavy (non-hydrogen) atoms. The maximum Gasteiger partial charge on any atom is 0.0486 e. The highest BCUT2D eigenvalue weighted by molar-refractivity contribution is 9.10. The third-order valence-corrected chi connectivity index (χ3v) is 3.46. The van der Waals surface area contributed by atoms with Gasteiger partial charge in [-0.25, -0.2) is 0 Å². The lowest BCUT2D eigenvalue weighted by atomic mass is 10.3. The van der Waals surface area contributed by atoms with Gasteiger partial charge in [-0.3, -0.25) is 0 Å². The molecule has 0 heterocycles. The molecular formula is C12H18BrClN2. The molecule has 0 atom stereocenters. The largest absolute Gasteiger partial charge is 0.383 e. The van der Waals surface area contributed by atoms with E-state index < -0.39 is 0 Å². The quantitative estimate of drug-likeness (QED) is 0.858. The third kappa shape index (κ3) is 4.32. The Balaban J connectivity index is 2.42. The van der Waals surface area contributed by atoms with E-state index in [0.717, 1.165) is 41.4 Å². The number of likely N-dealkylation sites (N-methyl/N-ethyl adjacent to an activating group) is 1. The van der Waals surface area contributed by atoms with Gasteiger partial charge >= 0.3 is 0 Å². The number of halogens is 2. The SMILES string of the molecule is CCN(CC)CCNc1ccc(Cl)cc1Br. The summed E-state index contributed by atoms with van der Waals surface area (Å²) < 4.78 is 1.01. The van der Waals surface area contributed by atoms with Crippen molar-refractivity contribution in [2.24, 2.45) is 0 Å². The smallest absolute Gasteiger partial charge is 0.0486 e. The summed E-state index contributed by atoms with van der Waals surface area (Å²) in [4.78, 5) is 2.39. The van der Waals surface area contributed by atoms with E-state index in [2.05, 4.69) is 40.0 Å². The summed E-state index contributed by atoms with van der Waals surface area (Å²) in [5, 5.41) is 4.14. The van der Waals surface area contributed by atoms with Crippen LogP contribution in [-0.4, -0.2) is 31.1 Å². The minimum Gasteiger partial charge on any atom is -0.383 e. The molecule has 0 aliphatic heterocycles. The Bertz CT molecular complexity index is 327. The van der Waals surface area contributed by atoms with Crippen LogP contribution >= 0.6 is 27.5 Å². The van der Waals surface area contributed by atoms with E-state index in [1.165, 1.54) is 0 Å². The van der Waals surface area contributed by atoms with Crippen LogP contribution in [0.15, 0.2) is 22.7 Å². The predicted octanol–water partition coefficient (Wildman–Crippen LogP) is 3.86. The van der Waals surface area contributed by atoms with Crippen LogP contribution in [0.25, 0.3) is 0 Å². The summed E-state index contributed by atoms with van der Waals surface area (Å²) in [7, 11) is 0. The topological polar surface area (TPSA) is 15.3 Å². The number of anilines is 1. The molecule has 0 aromatic heterocycles. The summed E-state index contributed by atoms with van der Waals surface area (Å²) in [5.74, 6) is 0. The van der Waals surface area contributed by atoms with Gasteiger partial charge in [0.15, 0.2) is 0 Å². The van der Waals surface area contributed by atoms with E-state index in [-0.39, 0.29) is 0 Å². The number of benzene rings is 1. The Morgan fingerprint density at radius 2 is 2.00 bits per heavy atom. The molecule has 0 aliphatic rings. The van der Waals surface area contributed by atoms with Crippen LogP contribution in [0.1, 0.15) is 13.8 Å². The van der Waals surface area contributed by atoms with Crippen LogP contribution in [0, 0.1) is 0 Å². The van der Waals surface area contributed by atoms with Crippen molar-refractivity contribution in [3.05, 3.63) is 27.7 Å². The van der Waals surface area contributed by atoms with Crippen molar-refractivity contribution in [1.29, 1.82) is 0 Å². The molecule has 1 N–H and O–H groups in total. The van der Waals surface area contributed by atoms with Gasteiger partial charge in [-0.05, 0) is 47.2 Å². The Labute approximate surface area is 111 Å². The zero-order chi connectivity index (χ0) is 12.0. The Morgan fingerprint density at radius 1 is 1.31 bits per heavy atom. The lowest BCUT2D eigenvalue weighted by molar-refractivity contribution is 0.316. The van der Waals surface area contributed by atoms with Crippen molar-refractivity contribution in [2.75, 3.05) is 31.5 Å². The molecule has 0 spiro atoms. The lowest BCUT2D eigenvalue weighted by Gasteiger charge is -2.18. The second-order valence-corrected chi connectivity index (χ2v) is 4.87. The molecule has 90 valence electrons. The minimum atomic E-state index is 0.751. The molecule has 0 amide bonds. The first-order valence-electron chi connectivity index (χ1n) is 5.58. The second-order valence-electron chi connectivity index (χ2n) is 3.58. The van der Waals surface area contributed by atoms with Crippen LogP contribution < -0.4 is 5.32 Å². The highest BCUT2D eigenvalue weighted by Crippen LogP contribution is 2.25. The maximum absolute atomic E-state index is 5.88. The van der Waals surface area contributed by atoms with Crippen LogP contribution in [0.2, 0.25) is 5.02 Å². The first-order chi connectivity index (χ1) is 7.67. The summed E-state index contributed by atoms with van der Waals surface area (Å²) >= 11 is 9.37. The summed E-state index contributed by atoms with van der Waals surface area (Å²) in [6.07, 6.45) is 0. The molecule has 0 fully saturated rings. The van der Waals surface area contributed by atoms with Gasteiger partial charge in [0.05, 0.1) is 0 Å². The van der Waals surface area contributed by atoms with E-state index in [4.69, 9.17) is 11.6 Å². The molecule has 4 heteroatoms. The molecule has 1 rings (SSSR count). The number of hydrogen-bond acceptors (Lipinski definition) is 2. The third-order valence-electron chi connectivity index (χ3n) is 2.57. The van der Waals surface area contributed by atoms with Gasteiger partial charge in [-0.15, -0.1) is 0 Å². The second kappa shape index (κ2) is 7.15. The monoisotopic (exact) mass is 304 g/mol. The van der Waals surface area contributed by atoms with E-state index in [9.17, 15) is 0 Å². The van der Waals surface area contributed by atoms with Crippen molar-refractivity contribution >= 4 is 33.2 Å². The zero-order valence-electron chi connectivity index (χ0n) is 9.76. The number of hydrogen-bond donors (Lipinski definition) is 1. The molecule has 0 saturated carbocycles. The van der Waals surface area contributed by atoms with Gasteiger partial charge < -0.3 is 10.2 Å². The van der Waals surface area contributed by atoms with Crippen LogP contribution in [0.3, 0.4) is 0 Å². The van der Waals surface area contributed by atoms with Crippen molar-refractivity contribution in [1.82, 2.24) is 4.90 Å². The Hall–Kier alpha value is -0.250. The summed E-state index contributed by atoms with van der Waals surface area (Å²) in [5.41, 5.74) is 1.09. The zero-order valence-corrected chi connectivity index (χ0v) is 12.1. The standard InChI is InChI=1S/C12H18BrClN2/c1-3-16(4-2)8-7-15-12-6-5-10(14)9-11(12)13/h5-6,9,15H,3-4,7-8H2,1-2H3. The van der Waals surface area contributed by atoms with Gasteiger partial charge in [0, 0.05) is 28.3 Å². The molecule has 1 aromatic carbocycles. The predicted molar refractivity (Wildman–Crippen MR) is 75.4 cm³/mol. The fourth-order valence-corrected chi connectivity index (χ4v) is 2.34. The Kier molecular flexibility index (Phi) is 6.17. The molecule has 0 saturated heterocycles. The van der Waals surface area contributed by atoms with Crippen molar-refractivity contribution < 1.29 is 0 Å². The van der Waals surface area contributed by atoms with E-state index in [1.807, 2.05) is 18.2 Å². The van der Waals surface area contributed by atoms with Crippen LogP contribution in [0.4, 0.5) is 5.69 Å². The summed E-state index contributed by atoms with van der Waals surface area (Å²) in [6, 6.07) is 5.79. The molecule has 0 bridgehead atoms. The van der Waals surface area contributed by atoms with Gasteiger partial charge in [-0.1, -0.05) is 25.4 Å². The first-order valence-corrected chi connectivity index (χ1v) is 6.75. The van der Waals surface area contributed by atoms with Gasteiger partial charge in [0.2, 0.25) is 0 Å². The molecule has 2 nitrogen and oxygen atoms in total. The highest BCUT2D eigenvalue weighted by Gasteiger charge is 2.01. The van der Waals surface area contributed by atoms with Gasteiger partial charge in [-0.2, -0.15) is 0 Å². The van der Waals surface area contributed by atoms with Gasteiger partial charge in [0.25, 0.3) is 0 Å². The minimum absolute atomic E-state index is 0.751. The summed E-state index contributed by atoms with van der Waals surface area (Å²) in [6.45, 7) is 8.56. The molecule has 1 aromatic rings. The Morgan fingerprint density at radius 3 is 2.56 bits per heavy atom. The van der Waals surface area contributed by atoms with E-state index >= 15 is 0 Å². The average Bonchev–Trinajstić information content (AvgIpc) is 2.27. The lowest BCUT2D eigenvalue weighted by Crippen LogP contribution is -2.28. The molecule has 0 aliphatic carbocycles. The van der Waals surface area contributed by atoms with Crippen molar-refractivity contribution in [2.45, 2.75) is 13.8 Å². The normalized spacial score (nSPS) is 10.8. The maximum atomic E-state index is 5.88. The number of nitrogens with one attached hydrogen (secondary N) is 1. The van der Waals surface area contributed by atoms with Crippen molar-refractivity contribution in [3.8, 4) is 0 Å². The average molecular weight is 306 g/mol. The highest BCUT2D eigenvalue weighted by atomic mass is 79.9. The van der Waals surface area contributed by atoms with E-state index in [0.29, 0.717) is 0 Å². The molecule has 0 unspecified atom stereocenters. The molecule has 0 radical (unpaired) electrons. The van der Waals surface area contributed by atoms with Gasteiger partial charge in [0.1, 0.15) is 0 Å². The van der Waals surface area contributed by atoms with Crippen LogP contribution in [-0.2, 0) is 0 Å². The fraction of sp³-hybridized carbons (Fsp3) is 0.500. The van der Waals surface area contributed by atoms with Crippen molar-refractivity contribution in [3.63, 3.8) is 0 Å². The first kappa shape index (κ1) is 13.8. The fourth-order valence-electron chi connectivity index (χ4n) is 1.52. The molecular weight excluding hydrogens is 288 g/mol. The number of nitrogens with zero attached hydrogens (tertiary/aromatic N) is 1. The number of rotatable bonds is 6.